The molecular weight excluding hydrogens is 791 g/mol. The molecule has 9 rings (SSSR count). The maximum atomic E-state index is 4.35. The van der Waals surface area contributed by atoms with Gasteiger partial charge in [0, 0.05) is 70.1 Å². The molecule has 2 aromatic carbocycles. The molecule has 8 heteroatoms. The van der Waals surface area contributed by atoms with E-state index in [-0.39, 0.29) is 27.2 Å². The number of aromatic nitrogens is 7. The molecule has 0 atom stereocenters. The van der Waals surface area contributed by atoms with E-state index >= 15 is 0 Å². The molecule has 0 amide bonds. The third kappa shape index (κ3) is 12.9. The Morgan fingerprint density at radius 3 is 1.76 bits per heavy atom. The van der Waals surface area contributed by atoms with Crippen molar-refractivity contribution in [3.05, 3.63) is 168 Å². The maximum absolute atomic E-state index is 4.35. The normalized spacial score (nSPS) is 12.0. The number of benzene rings is 2. The average Bonchev–Trinajstić information content (AvgIpc) is 3.99. The number of hydrogen-bond acceptors (Lipinski definition) is 6. The molecule has 0 N–H and O–H groups in total. The zero-order chi connectivity index (χ0) is 46.2. The van der Waals surface area contributed by atoms with Gasteiger partial charge in [-0.05, 0) is 106 Å². The summed E-state index contributed by atoms with van der Waals surface area (Å²) in [7, 11) is 0. The number of hydrogen-bond donors (Lipinski definition) is 0. The lowest BCUT2D eigenvalue weighted by Crippen LogP contribution is -2.20. The van der Waals surface area contributed by atoms with E-state index < -0.39 is 0 Å². The van der Waals surface area contributed by atoms with E-state index in [1.54, 1.807) is 12.4 Å². The van der Waals surface area contributed by atoms with Crippen LogP contribution in [0.3, 0.4) is 0 Å². The van der Waals surface area contributed by atoms with E-state index in [2.05, 4.69) is 204 Å². The minimum absolute atomic E-state index is 0.0672. The van der Waals surface area contributed by atoms with Gasteiger partial charge in [-0.3, -0.25) is 9.97 Å². The van der Waals surface area contributed by atoms with Crippen LogP contribution in [0.4, 0.5) is 0 Å². The lowest BCUT2D eigenvalue weighted by atomic mass is 9.85. The van der Waals surface area contributed by atoms with Crippen LogP contribution in [-0.2, 0) is 27.2 Å². The summed E-state index contributed by atoms with van der Waals surface area (Å²) >= 11 is 1.84. The van der Waals surface area contributed by atoms with Crippen molar-refractivity contribution in [3.63, 3.8) is 0 Å². The topological polar surface area (TPSA) is 73.8 Å². The van der Waals surface area contributed by atoms with Crippen molar-refractivity contribution >= 4 is 49.0 Å². The summed E-state index contributed by atoms with van der Waals surface area (Å²) in [6, 6.07) is 31.1. The Kier molecular flexibility index (Phi) is 15.2. The molecule has 330 valence electrons. The van der Waals surface area contributed by atoms with Crippen LogP contribution in [0, 0.1) is 0 Å². The molecule has 7 heterocycles. The molecule has 0 aliphatic carbocycles. The number of pyridine rings is 4. The van der Waals surface area contributed by atoms with Gasteiger partial charge in [-0.25, -0.2) is 15.0 Å². The molecule has 0 aliphatic rings. The summed E-state index contributed by atoms with van der Waals surface area (Å²) in [5.74, 6) is 0. The van der Waals surface area contributed by atoms with Crippen molar-refractivity contribution in [1.29, 1.82) is 0 Å². The molecule has 0 bridgehead atoms. The third-order valence-electron chi connectivity index (χ3n) is 10.5. The summed E-state index contributed by atoms with van der Waals surface area (Å²) in [5.41, 5.74) is 9.13. The van der Waals surface area contributed by atoms with Crippen LogP contribution in [0.5, 0.6) is 0 Å². The van der Waals surface area contributed by atoms with E-state index in [0.29, 0.717) is 0 Å². The molecule has 0 saturated heterocycles. The Balaban J connectivity index is 0.000000149. The first-order chi connectivity index (χ1) is 29.5. The van der Waals surface area contributed by atoms with Crippen molar-refractivity contribution in [1.82, 2.24) is 33.9 Å². The highest BCUT2D eigenvalue weighted by Gasteiger charge is 2.20. The molecule has 0 saturated carbocycles. The monoisotopic (exact) mass is 860 g/mol. The van der Waals surface area contributed by atoms with Gasteiger partial charge in [-0.1, -0.05) is 138 Å². The van der Waals surface area contributed by atoms with Gasteiger partial charge in [-0.2, -0.15) is 0 Å². The summed E-state index contributed by atoms with van der Waals surface area (Å²) < 4.78 is 5.67. The Morgan fingerprint density at radius 1 is 0.492 bits per heavy atom. The highest BCUT2D eigenvalue weighted by atomic mass is 32.1. The molecule has 9 aromatic rings. The third-order valence-corrected chi connectivity index (χ3v) is 11.5. The van der Waals surface area contributed by atoms with Gasteiger partial charge < -0.3 is 8.97 Å². The van der Waals surface area contributed by atoms with Gasteiger partial charge in [0.25, 0.3) is 0 Å². The molecule has 7 aromatic heterocycles. The van der Waals surface area contributed by atoms with Crippen LogP contribution in [-0.4, -0.2) is 33.9 Å². The predicted octanol–water partition coefficient (Wildman–Crippen LogP) is 14.9. The predicted molar refractivity (Wildman–Crippen MR) is 270 cm³/mol. The Hall–Kier alpha value is -5.73. The van der Waals surface area contributed by atoms with Crippen LogP contribution in [0.15, 0.2) is 146 Å². The zero-order valence-corrected chi connectivity index (χ0v) is 41.2. The lowest BCUT2D eigenvalue weighted by molar-refractivity contribution is 0.408. The van der Waals surface area contributed by atoms with Gasteiger partial charge in [0.1, 0.15) is 5.65 Å². The molecule has 63 heavy (non-hydrogen) atoms. The number of imidazole rings is 2. The standard InChI is InChI=1S/C13H15N.C12H14S.C11H14N2.C10H13N3.C9H13N/c1-13(2,3)12-9-14-8-10-6-4-5-7-11(10)12;1-12(2,3)10-8-13-11-7-5-4-6-9(10)11;1-11(2,3)9-8-12-10-6-4-5-7-13(9)10;1-10(2,3)13-7-12-9-8(13)5-4-6-11-9;1-9(2,3)8-5-4-6-10-7-8/h4-9H,1-3H3;2*4-8H,1-3H3;4-7H,1-3H3;4-7H,1-3H3. The first-order valence-electron chi connectivity index (χ1n) is 21.9. The second-order valence-electron chi connectivity index (χ2n) is 21.0. The average molecular weight is 860 g/mol. The summed E-state index contributed by atoms with van der Waals surface area (Å²) in [4.78, 5) is 21.1. The second kappa shape index (κ2) is 19.8. The molecule has 7 nitrogen and oxygen atoms in total. The lowest BCUT2D eigenvalue weighted by Gasteiger charge is -2.21. The van der Waals surface area contributed by atoms with Crippen LogP contribution >= 0.6 is 11.3 Å². The second-order valence-corrected chi connectivity index (χ2v) is 21.9. The largest absolute Gasteiger partial charge is 0.324 e. The molecule has 0 spiro atoms. The number of nitrogens with zero attached hydrogens (tertiary/aromatic N) is 7. The van der Waals surface area contributed by atoms with Crippen LogP contribution in [0.2, 0.25) is 0 Å². The number of fused-ring (bicyclic) bond motifs is 4. The fourth-order valence-electron chi connectivity index (χ4n) is 6.95. The highest BCUT2D eigenvalue weighted by Crippen LogP contribution is 2.34. The van der Waals surface area contributed by atoms with E-state index in [0.717, 1.165) is 16.8 Å². The van der Waals surface area contributed by atoms with Crippen molar-refractivity contribution < 1.29 is 0 Å². The first-order valence-corrected chi connectivity index (χ1v) is 22.8. The van der Waals surface area contributed by atoms with Crippen molar-refractivity contribution in [3.8, 4) is 0 Å². The summed E-state index contributed by atoms with van der Waals surface area (Å²) in [6.07, 6.45) is 15.2. The minimum atomic E-state index is 0.0672. The van der Waals surface area contributed by atoms with Gasteiger partial charge >= 0.3 is 0 Å². The van der Waals surface area contributed by atoms with Crippen molar-refractivity contribution in [2.24, 2.45) is 0 Å². The minimum Gasteiger partial charge on any atom is -0.324 e. The maximum Gasteiger partial charge on any atom is 0.177 e. The zero-order valence-electron chi connectivity index (χ0n) is 40.4. The van der Waals surface area contributed by atoms with Gasteiger partial charge in [0.15, 0.2) is 5.65 Å². The van der Waals surface area contributed by atoms with Gasteiger partial charge in [-0.15, -0.1) is 11.3 Å². The molecular formula is C55H69N7S. The molecule has 0 unspecified atom stereocenters. The SMILES string of the molecule is CC(C)(C)c1cccnc1.CC(C)(C)c1cnc2ccccn12.CC(C)(C)c1cncc2ccccc12.CC(C)(C)c1csc2ccccc12.CC(C)(C)n1cnc2ncccc21. The van der Waals surface area contributed by atoms with E-state index in [1.807, 2.05) is 78.8 Å². The van der Waals surface area contributed by atoms with Gasteiger partial charge in [0.05, 0.1) is 11.8 Å². The first kappa shape index (κ1) is 48.3. The van der Waals surface area contributed by atoms with Crippen molar-refractivity contribution in [2.75, 3.05) is 0 Å². The number of thiophene rings is 1. The fourth-order valence-corrected chi connectivity index (χ4v) is 8.14. The fraction of sp³-hybridized carbons (Fsp3) is 0.364. The van der Waals surface area contributed by atoms with Crippen LogP contribution in [0.1, 0.15) is 126 Å². The van der Waals surface area contributed by atoms with E-state index in [9.17, 15) is 0 Å². The number of rotatable bonds is 0. The van der Waals surface area contributed by atoms with Gasteiger partial charge in [0.2, 0.25) is 0 Å². The molecule has 0 fully saturated rings. The Morgan fingerprint density at radius 2 is 1.14 bits per heavy atom. The smallest absolute Gasteiger partial charge is 0.177 e. The quantitative estimate of drug-likeness (QED) is 0.152. The Labute approximate surface area is 380 Å². The summed E-state index contributed by atoms with van der Waals surface area (Å²) in [5, 5.41) is 6.24. The highest BCUT2D eigenvalue weighted by molar-refractivity contribution is 7.17. The Bertz CT molecular complexity index is 2610. The van der Waals surface area contributed by atoms with Crippen LogP contribution < -0.4 is 0 Å². The van der Waals surface area contributed by atoms with E-state index in [4.69, 9.17) is 0 Å². The molecule has 0 radical (unpaired) electrons. The molecule has 0 aliphatic heterocycles. The van der Waals surface area contributed by atoms with Crippen molar-refractivity contribution in [2.45, 2.75) is 131 Å². The van der Waals surface area contributed by atoms with E-state index in [1.165, 1.54) is 43.2 Å². The van der Waals surface area contributed by atoms with Crippen LogP contribution in [0.25, 0.3) is 37.7 Å². The summed E-state index contributed by atoms with van der Waals surface area (Å²) in [6.45, 7) is 33.1.